The Kier molecular flexibility index (Phi) is 12.7. The molecule has 1 aliphatic heterocycles. The molecule has 0 atom stereocenters. The molecular formula is C20H38IN5O2. The molecule has 1 aromatic rings. The predicted octanol–water partition coefficient (Wildman–Crippen LogP) is 2.83. The summed E-state index contributed by atoms with van der Waals surface area (Å²) in [7, 11) is 1.77. The minimum Gasteiger partial charge on any atom is -0.383 e. The number of methoxy groups -OCH3 is 1. The highest BCUT2D eigenvalue weighted by atomic mass is 127. The molecule has 162 valence electrons. The monoisotopic (exact) mass is 507 g/mol. The maximum atomic E-state index is 5.45. The van der Waals surface area contributed by atoms with Gasteiger partial charge in [-0.15, -0.1) is 24.0 Å². The highest BCUT2D eigenvalue weighted by Crippen LogP contribution is 2.17. The number of rotatable bonds is 10. The summed E-state index contributed by atoms with van der Waals surface area (Å²) in [6.45, 7) is 12.9. The smallest absolute Gasteiger partial charge is 0.191 e. The van der Waals surface area contributed by atoms with Gasteiger partial charge in [0.15, 0.2) is 5.96 Å². The second kappa shape index (κ2) is 14.2. The highest BCUT2D eigenvalue weighted by molar-refractivity contribution is 14.0. The van der Waals surface area contributed by atoms with Crippen molar-refractivity contribution in [3.05, 3.63) is 17.0 Å². The Bertz CT molecular complexity index is 549. The van der Waals surface area contributed by atoms with Gasteiger partial charge < -0.3 is 24.8 Å². The summed E-state index contributed by atoms with van der Waals surface area (Å²) in [5, 5.41) is 11.1. The van der Waals surface area contributed by atoms with Crippen LogP contribution in [0.5, 0.6) is 0 Å². The summed E-state index contributed by atoms with van der Waals surface area (Å²) in [6.07, 6.45) is 4.17. The van der Waals surface area contributed by atoms with E-state index in [1.54, 1.807) is 7.11 Å². The number of likely N-dealkylation sites (tertiary alicyclic amines) is 1. The second-order valence-electron chi connectivity index (χ2n) is 7.09. The van der Waals surface area contributed by atoms with Gasteiger partial charge in [-0.25, -0.2) is 4.99 Å². The summed E-state index contributed by atoms with van der Waals surface area (Å²) < 4.78 is 10.6. The van der Waals surface area contributed by atoms with E-state index in [2.05, 4.69) is 41.5 Å². The van der Waals surface area contributed by atoms with Gasteiger partial charge in [0.25, 0.3) is 0 Å². The molecule has 1 aliphatic rings. The largest absolute Gasteiger partial charge is 0.383 e. The number of ether oxygens (including phenoxy) is 1. The number of aromatic nitrogens is 1. The summed E-state index contributed by atoms with van der Waals surface area (Å²) in [6, 6.07) is 0. The average Bonchev–Trinajstić information content (AvgIpc) is 3.11. The number of halogens is 1. The molecule has 1 fully saturated rings. The molecule has 0 aromatic carbocycles. The van der Waals surface area contributed by atoms with E-state index in [-0.39, 0.29) is 24.0 Å². The van der Waals surface area contributed by atoms with Gasteiger partial charge in [0.05, 0.1) is 18.8 Å². The lowest BCUT2D eigenvalue weighted by Gasteiger charge is -2.32. The topological polar surface area (TPSA) is 74.9 Å². The number of hydrogen-bond acceptors (Lipinski definition) is 5. The van der Waals surface area contributed by atoms with E-state index in [9.17, 15) is 0 Å². The standard InChI is InChI=1S/C20H37N5O2.HI/c1-5-18-17(19(6-2)27-24-18)15-23-20(21-7-3)22-14-16-8-10-25(11-9-16)12-13-26-4;/h16H,5-15H2,1-4H3,(H2,21,22,23);1H. The molecule has 2 N–H and O–H groups in total. The highest BCUT2D eigenvalue weighted by Gasteiger charge is 2.19. The number of aryl methyl sites for hydroxylation is 2. The number of guanidine groups is 1. The fraction of sp³-hybridized carbons (Fsp3) is 0.800. The first-order valence-electron chi connectivity index (χ1n) is 10.4. The molecular weight excluding hydrogens is 469 g/mol. The van der Waals surface area contributed by atoms with Crippen molar-refractivity contribution in [1.82, 2.24) is 20.7 Å². The Morgan fingerprint density at radius 3 is 2.57 bits per heavy atom. The van der Waals surface area contributed by atoms with Crippen LogP contribution < -0.4 is 10.6 Å². The Morgan fingerprint density at radius 1 is 1.21 bits per heavy atom. The van der Waals surface area contributed by atoms with Crippen LogP contribution in [0.25, 0.3) is 0 Å². The van der Waals surface area contributed by atoms with Crippen LogP contribution in [0.15, 0.2) is 9.52 Å². The zero-order valence-electron chi connectivity index (χ0n) is 17.9. The molecule has 28 heavy (non-hydrogen) atoms. The molecule has 1 saturated heterocycles. The van der Waals surface area contributed by atoms with Crippen LogP contribution >= 0.6 is 24.0 Å². The van der Waals surface area contributed by atoms with Crippen molar-refractivity contribution in [2.24, 2.45) is 10.9 Å². The van der Waals surface area contributed by atoms with E-state index in [1.807, 2.05) is 0 Å². The van der Waals surface area contributed by atoms with Gasteiger partial charge in [-0.05, 0) is 45.2 Å². The summed E-state index contributed by atoms with van der Waals surface area (Å²) in [4.78, 5) is 7.27. The maximum absolute atomic E-state index is 5.45. The van der Waals surface area contributed by atoms with Gasteiger partial charge >= 0.3 is 0 Å². The number of nitrogens with one attached hydrogen (secondary N) is 2. The molecule has 1 aromatic heterocycles. The Labute approximate surface area is 187 Å². The zero-order valence-corrected chi connectivity index (χ0v) is 20.3. The molecule has 0 spiro atoms. The Balaban J connectivity index is 0.00000392. The summed E-state index contributed by atoms with van der Waals surface area (Å²) in [5.41, 5.74) is 2.17. The molecule has 0 aliphatic carbocycles. The van der Waals surface area contributed by atoms with E-state index in [1.165, 1.54) is 12.8 Å². The zero-order chi connectivity index (χ0) is 19.5. The average molecular weight is 507 g/mol. The SMILES string of the molecule is CCNC(=NCc1c(CC)noc1CC)NCC1CCN(CCOC)CC1.I. The number of piperidine rings is 1. The first-order chi connectivity index (χ1) is 13.2. The van der Waals surface area contributed by atoms with Crippen molar-refractivity contribution >= 4 is 29.9 Å². The van der Waals surface area contributed by atoms with Crippen LogP contribution in [0.1, 0.15) is 50.6 Å². The molecule has 0 radical (unpaired) electrons. The Hall–Kier alpha value is -0.870. The Morgan fingerprint density at radius 2 is 1.96 bits per heavy atom. The van der Waals surface area contributed by atoms with Crippen LogP contribution in [0.2, 0.25) is 0 Å². The quantitative estimate of drug-likeness (QED) is 0.288. The third kappa shape index (κ3) is 7.87. The second-order valence-corrected chi connectivity index (χ2v) is 7.09. The summed E-state index contributed by atoms with van der Waals surface area (Å²) >= 11 is 0. The van der Waals surface area contributed by atoms with E-state index in [0.717, 1.165) is 75.1 Å². The third-order valence-electron chi connectivity index (χ3n) is 5.22. The molecule has 8 heteroatoms. The molecule has 0 bridgehead atoms. The van der Waals surface area contributed by atoms with Crippen molar-refractivity contribution in [2.45, 2.75) is 53.0 Å². The predicted molar refractivity (Wildman–Crippen MR) is 125 cm³/mol. The van der Waals surface area contributed by atoms with Crippen LogP contribution in [0.4, 0.5) is 0 Å². The normalized spacial score (nSPS) is 16.1. The van der Waals surface area contributed by atoms with Gasteiger partial charge in [0.1, 0.15) is 5.76 Å². The minimum absolute atomic E-state index is 0. The molecule has 2 rings (SSSR count). The lowest BCUT2D eigenvalue weighted by Crippen LogP contribution is -2.43. The van der Waals surface area contributed by atoms with Crippen molar-refractivity contribution in [2.75, 3.05) is 46.4 Å². The first-order valence-corrected chi connectivity index (χ1v) is 10.4. The van der Waals surface area contributed by atoms with E-state index < -0.39 is 0 Å². The molecule has 0 saturated carbocycles. The van der Waals surface area contributed by atoms with Crippen LogP contribution in [-0.2, 0) is 24.1 Å². The van der Waals surface area contributed by atoms with Gasteiger partial charge in [-0.3, -0.25) is 0 Å². The lowest BCUT2D eigenvalue weighted by atomic mass is 9.97. The fourth-order valence-electron chi connectivity index (χ4n) is 3.49. The van der Waals surface area contributed by atoms with Gasteiger partial charge in [-0.1, -0.05) is 19.0 Å². The first kappa shape index (κ1) is 25.2. The molecule has 0 unspecified atom stereocenters. The van der Waals surface area contributed by atoms with Crippen molar-refractivity contribution in [3.8, 4) is 0 Å². The van der Waals surface area contributed by atoms with Crippen molar-refractivity contribution in [1.29, 1.82) is 0 Å². The molecule has 7 nitrogen and oxygen atoms in total. The third-order valence-corrected chi connectivity index (χ3v) is 5.22. The fourth-order valence-corrected chi connectivity index (χ4v) is 3.49. The van der Waals surface area contributed by atoms with E-state index in [4.69, 9.17) is 14.3 Å². The number of nitrogens with zero attached hydrogens (tertiary/aromatic N) is 3. The lowest BCUT2D eigenvalue weighted by molar-refractivity contribution is 0.121. The number of hydrogen-bond donors (Lipinski definition) is 2. The van der Waals surface area contributed by atoms with Crippen LogP contribution in [0.3, 0.4) is 0 Å². The van der Waals surface area contributed by atoms with Crippen LogP contribution in [-0.4, -0.2) is 62.5 Å². The van der Waals surface area contributed by atoms with Crippen molar-refractivity contribution in [3.63, 3.8) is 0 Å². The van der Waals surface area contributed by atoms with Gasteiger partial charge in [-0.2, -0.15) is 0 Å². The number of aliphatic imine (C=N–C) groups is 1. The van der Waals surface area contributed by atoms with Gasteiger partial charge in [0.2, 0.25) is 0 Å². The summed E-state index contributed by atoms with van der Waals surface area (Å²) in [5.74, 6) is 2.53. The molecule has 0 amide bonds. The van der Waals surface area contributed by atoms with Crippen LogP contribution in [0, 0.1) is 5.92 Å². The maximum Gasteiger partial charge on any atom is 0.191 e. The molecule has 2 heterocycles. The van der Waals surface area contributed by atoms with Gasteiger partial charge in [0, 0.05) is 38.7 Å². The minimum atomic E-state index is 0. The van der Waals surface area contributed by atoms with E-state index >= 15 is 0 Å². The van der Waals surface area contributed by atoms with E-state index in [0.29, 0.717) is 12.5 Å². The van der Waals surface area contributed by atoms with Crippen molar-refractivity contribution < 1.29 is 9.26 Å².